The van der Waals surface area contributed by atoms with Gasteiger partial charge in [-0.3, -0.25) is 29.4 Å². The van der Waals surface area contributed by atoms with E-state index in [9.17, 15) is 23.1 Å². The first-order valence-corrected chi connectivity index (χ1v) is 6.89. The first-order valence-electron chi connectivity index (χ1n) is 6.17. The van der Waals surface area contributed by atoms with Gasteiger partial charge in [0.1, 0.15) is 6.04 Å². The lowest BCUT2D eigenvalue weighted by atomic mass is 10.0. The summed E-state index contributed by atoms with van der Waals surface area (Å²) >= 11 is -0.0302. The van der Waals surface area contributed by atoms with Crippen LogP contribution in [0, 0.1) is 0 Å². The summed E-state index contributed by atoms with van der Waals surface area (Å²) in [4.78, 5) is 48.6. The maximum absolute atomic E-state index is 12.6. The fourth-order valence-electron chi connectivity index (χ4n) is 2.50. The minimum absolute atomic E-state index is 0.0302. The van der Waals surface area contributed by atoms with E-state index in [2.05, 4.69) is 5.32 Å². The van der Waals surface area contributed by atoms with Crippen molar-refractivity contribution in [1.29, 1.82) is 0 Å². The van der Waals surface area contributed by atoms with E-state index in [-0.39, 0.29) is 41.0 Å². The van der Waals surface area contributed by atoms with Crippen LogP contribution in [-0.4, -0.2) is 34.6 Å². The van der Waals surface area contributed by atoms with Crippen molar-refractivity contribution in [3.8, 4) is 0 Å². The summed E-state index contributed by atoms with van der Waals surface area (Å²) in [6.45, 7) is 0. The predicted molar refractivity (Wildman–Crippen MR) is 70.1 cm³/mol. The molecule has 0 spiro atoms. The Kier molecular flexibility index (Phi) is 3.25. The van der Waals surface area contributed by atoms with Gasteiger partial charge in [-0.25, -0.2) is 0 Å². The molecule has 1 fully saturated rings. The molecule has 1 unspecified atom stereocenters. The topological polar surface area (TPSA) is 83.6 Å². The number of piperidine rings is 1. The van der Waals surface area contributed by atoms with Crippen LogP contribution in [-0.2, 0) is 9.59 Å². The smallest absolute Gasteiger partial charge is 0.262 e. The Labute approximate surface area is 123 Å². The third-order valence-corrected chi connectivity index (χ3v) is 3.93. The molecule has 1 N–H and O–H groups in total. The number of imide groups is 2. The fourth-order valence-corrected chi connectivity index (χ4v) is 2.78. The Bertz CT molecular complexity index is 691. The lowest BCUT2D eigenvalue weighted by Gasteiger charge is -2.27. The second-order valence-corrected chi connectivity index (χ2v) is 5.36. The number of halogens is 1. The van der Waals surface area contributed by atoms with Crippen LogP contribution in [0.2, 0.25) is 0 Å². The molecule has 1 atom stereocenters. The zero-order chi connectivity index (χ0) is 15.1. The van der Waals surface area contributed by atoms with E-state index in [4.69, 9.17) is 0 Å². The minimum Gasteiger partial charge on any atom is -0.295 e. The number of amides is 4. The van der Waals surface area contributed by atoms with Crippen LogP contribution >= 0.6 is 12.1 Å². The second kappa shape index (κ2) is 4.96. The molecule has 1 aromatic rings. The van der Waals surface area contributed by atoms with Crippen LogP contribution in [0.25, 0.3) is 0 Å². The Morgan fingerprint density at radius 1 is 1.14 bits per heavy atom. The van der Waals surface area contributed by atoms with Gasteiger partial charge in [0.2, 0.25) is 11.8 Å². The molecule has 1 aromatic carbocycles. The minimum atomic E-state index is -1.00. The molecule has 0 saturated carbocycles. The summed E-state index contributed by atoms with van der Waals surface area (Å²) in [7, 11) is 0. The van der Waals surface area contributed by atoms with Crippen molar-refractivity contribution < 1.29 is 23.1 Å². The van der Waals surface area contributed by atoms with Gasteiger partial charge in [0.15, 0.2) is 0 Å². The van der Waals surface area contributed by atoms with Crippen molar-refractivity contribution in [2.24, 2.45) is 0 Å². The van der Waals surface area contributed by atoms with Gasteiger partial charge in [-0.05, 0) is 24.6 Å². The quantitative estimate of drug-likeness (QED) is 0.826. The largest absolute Gasteiger partial charge is 0.295 e. The molecule has 6 nitrogen and oxygen atoms in total. The number of benzene rings is 1. The zero-order valence-corrected chi connectivity index (χ0v) is 11.4. The number of rotatable bonds is 2. The average Bonchev–Trinajstić information content (AvgIpc) is 2.71. The van der Waals surface area contributed by atoms with Gasteiger partial charge in [0, 0.05) is 11.3 Å². The highest BCUT2D eigenvalue weighted by atomic mass is 32.2. The number of nitrogens with zero attached hydrogens (tertiary/aromatic N) is 1. The normalized spacial score (nSPS) is 21.6. The Hall–Kier alpha value is -2.22. The molecule has 0 radical (unpaired) electrons. The van der Waals surface area contributed by atoms with Crippen LogP contribution < -0.4 is 5.32 Å². The van der Waals surface area contributed by atoms with E-state index < -0.39 is 29.7 Å². The van der Waals surface area contributed by atoms with Crippen molar-refractivity contribution in [2.45, 2.75) is 23.8 Å². The summed E-state index contributed by atoms with van der Waals surface area (Å²) in [6, 6.07) is 3.04. The van der Waals surface area contributed by atoms with Gasteiger partial charge in [-0.15, -0.1) is 0 Å². The molecule has 8 heteroatoms. The average molecular weight is 308 g/mol. The van der Waals surface area contributed by atoms with Gasteiger partial charge >= 0.3 is 0 Å². The van der Waals surface area contributed by atoms with Crippen LogP contribution in [0.5, 0.6) is 0 Å². The van der Waals surface area contributed by atoms with Gasteiger partial charge in [0.05, 0.1) is 23.3 Å². The molecule has 1 saturated heterocycles. The molecular formula is C13H9FN2O4S. The lowest BCUT2D eigenvalue weighted by molar-refractivity contribution is -0.136. The van der Waals surface area contributed by atoms with Crippen LogP contribution in [0.15, 0.2) is 23.1 Å². The van der Waals surface area contributed by atoms with Crippen molar-refractivity contribution >= 4 is 35.8 Å². The highest BCUT2D eigenvalue weighted by molar-refractivity contribution is 7.94. The summed E-state index contributed by atoms with van der Waals surface area (Å²) in [6.07, 6.45) is 0.163. The number of hydrogen-bond acceptors (Lipinski definition) is 5. The molecule has 2 aliphatic rings. The summed E-state index contributed by atoms with van der Waals surface area (Å²) in [5, 5.41) is 2.11. The Morgan fingerprint density at radius 3 is 2.52 bits per heavy atom. The number of carbonyl (C=O) groups excluding carboxylic acids is 4. The predicted octanol–water partition coefficient (Wildman–Crippen LogP) is 1.06. The number of fused-ring (bicyclic) bond motifs is 1. The number of hydrogen-bond donors (Lipinski definition) is 1. The van der Waals surface area contributed by atoms with Crippen molar-refractivity contribution in [3.05, 3.63) is 29.3 Å². The third kappa shape index (κ3) is 2.11. The second-order valence-electron chi connectivity index (χ2n) is 4.73. The first kappa shape index (κ1) is 13.7. The Balaban J connectivity index is 1.96. The molecule has 0 aromatic heterocycles. The molecule has 21 heavy (non-hydrogen) atoms. The van der Waals surface area contributed by atoms with Gasteiger partial charge in [0.25, 0.3) is 11.8 Å². The monoisotopic (exact) mass is 308 g/mol. The molecular weight excluding hydrogens is 299 g/mol. The van der Waals surface area contributed by atoms with Crippen LogP contribution in [0.3, 0.4) is 0 Å². The van der Waals surface area contributed by atoms with E-state index >= 15 is 0 Å². The van der Waals surface area contributed by atoms with Crippen molar-refractivity contribution in [3.63, 3.8) is 0 Å². The van der Waals surface area contributed by atoms with Crippen LogP contribution in [0.4, 0.5) is 3.89 Å². The molecule has 4 amide bonds. The number of nitrogens with one attached hydrogen (secondary N) is 1. The first-order chi connectivity index (χ1) is 10.0. The van der Waals surface area contributed by atoms with Gasteiger partial charge in [-0.2, -0.15) is 3.89 Å². The van der Waals surface area contributed by atoms with E-state index in [0.29, 0.717) is 0 Å². The van der Waals surface area contributed by atoms with E-state index in [1.807, 2.05) is 0 Å². The summed E-state index contributed by atoms with van der Waals surface area (Å²) in [5.41, 5.74) is 0.217. The summed E-state index contributed by atoms with van der Waals surface area (Å²) in [5.74, 6) is -2.33. The zero-order valence-electron chi connectivity index (χ0n) is 10.6. The molecule has 0 bridgehead atoms. The third-order valence-electron chi connectivity index (χ3n) is 3.50. The van der Waals surface area contributed by atoms with Crippen LogP contribution in [0.1, 0.15) is 33.6 Å². The highest BCUT2D eigenvalue weighted by Crippen LogP contribution is 2.31. The number of carbonyl (C=O) groups is 4. The van der Waals surface area contributed by atoms with Gasteiger partial charge < -0.3 is 0 Å². The summed E-state index contributed by atoms with van der Waals surface area (Å²) < 4.78 is 12.6. The van der Waals surface area contributed by atoms with E-state index in [1.165, 1.54) is 18.2 Å². The molecule has 108 valence electrons. The van der Waals surface area contributed by atoms with Crippen molar-refractivity contribution in [2.75, 3.05) is 0 Å². The van der Waals surface area contributed by atoms with E-state index in [0.717, 1.165) is 4.90 Å². The highest BCUT2D eigenvalue weighted by Gasteiger charge is 2.44. The molecule has 3 rings (SSSR count). The maximum Gasteiger partial charge on any atom is 0.262 e. The SMILES string of the molecule is O=C1CCC(N2C(=O)c3ccc(SF)cc3C2=O)C(=O)N1. The van der Waals surface area contributed by atoms with Gasteiger partial charge in [-0.1, -0.05) is 0 Å². The molecule has 2 aliphatic heterocycles. The Morgan fingerprint density at radius 2 is 1.86 bits per heavy atom. The van der Waals surface area contributed by atoms with E-state index in [1.54, 1.807) is 0 Å². The van der Waals surface area contributed by atoms with Crippen molar-refractivity contribution in [1.82, 2.24) is 10.2 Å². The lowest BCUT2D eigenvalue weighted by Crippen LogP contribution is -2.54. The molecule has 2 heterocycles. The molecule has 0 aliphatic carbocycles. The standard InChI is InChI=1S/C13H9FN2O4S/c14-21-6-1-2-7-8(5-6)13(20)16(12(7)19)9-3-4-10(17)15-11(9)18/h1-2,5,9H,3-4H2,(H,15,17,18). The fraction of sp³-hybridized carbons (Fsp3) is 0.231. The maximum atomic E-state index is 12.6.